The lowest BCUT2D eigenvalue weighted by atomic mass is 9.92. The summed E-state index contributed by atoms with van der Waals surface area (Å²) in [7, 11) is 4.27. The van der Waals surface area contributed by atoms with Crippen LogP contribution in [0.5, 0.6) is 0 Å². The van der Waals surface area contributed by atoms with Crippen LogP contribution >= 0.6 is 0 Å². The Labute approximate surface area is 112 Å². The molecule has 1 aromatic rings. The molecule has 1 rings (SSSR count). The van der Waals surface area contributed by atoms with E-state index >= 15 is 0 Å². The van der Waals surface area contributed by atoms with E-state index in [1.807, 2.05) is 0 Å². The molecule has 0 spiro atoms. The molecule has 1 atom stereocenters. The lowest BCUT2D eigenvalue weighted by Gasteiger charge is -2.30. The van der Waals surface area contributed by atoms with E-state index in [4.69, 9.17) is 0 Å². The minimum absolute atomic E-state index is 0.314. The molecule has 0 radical (unpaired) electrons. The molecular weight excluding hydrogens is 220 g/mol. The van der Waals surface area contributed by atoms with E-state index in [2.05, 4.69) is 75.4 Å². The maximum Gasteiger partial charge on any atom is 0.00793 e. The summed E-state index contributed by atoms with van der Waals surface area (Å²) in [5, 5.41) is 3.65. The van der Waals surface area contributed by atoms with Crippen LogP contribution in [0.1, 0.15) is 26.3 Å². The highest BCUT2D eigenvalue weighted by Gasteiger charge is 2.19. The van der Waals surface area contributed by atoms with Crippen molar-refractivity contribution >= 4 is 0 Å². The third-order valence-corrected chi connectivity index (χ3v) is 3.06. The SMILES string of the molecule is CC(Cc1ccccc1)NCC(C)(C)CN(C)C. The molecule has 1 N–H and O–H groups in total. The van der Waals surface area contributed by atoms with Crippen LogP contribution in [0.25, 0.3) is 0 Å². The highest BCUT2D eigenvalue weighted by Crippen LogP contribution is 2.15. The van der Waals surface area contributed by atoms with Gasteiger partial charge < -0.3 is 10.2 Å². The van der Waals surface area contributed by atoms with Gasteiger partial charge in [-0.15, -0.1) is 0 Å². The Bertz CT molecular complexity index is 330. The molecule has 1 unspecified atom stereocenters. The Morgan fingerprint density at radius 2 is 1.78 bits per heavy atom. The summed E-state index contributed by atoms with van der Waals surface area (Å²) in [5.74, 6) is 0. The molecule has 0 saturated heterocycles. The minimum atomic E-state index is 0.314. The van der Waals surface area contributed by atoms with Gasteiger partial charge >= 0.3 is 0 Å². The molecule has 2 nitrogen and oxygen atoms in total. The van der Waals surface area contributed by atoms with E-state index in [0.717, 1.165) is 19.5 Å². The molecule has 0 aliphatic rings. The highest BCUT2D eigenvalue weighted by molar-refractivity contribution is 5.15. The number of hydrogen-bond acceptors (Lipinski definition) is 2. The van der Waals surface area contributed by atoms with E-state index in [1.165, 1.54) is 5.56 Å². The average molecular weight is 248 g/mol. The summed E-state index contributed by atoms with van der Waals surface area (Å²) in [4.78, 5) is 2.25. The van der Waals surface area contributed by atoms with Crippen LogP contribution in [-0.4, -0.2) is 38.1 Å². The molecule has 18 heavy (non-hydrogen) atoms. The number of benzene rings is 1. The first-order valence-corrected chi connectivity index (χ1v) is 6.81. The first-order valence-electron chi connectivity index (χ1n) is 6.81. The predicted molar refractivity (Wildman–Crippen MR) is 79.9 cm³/mol. The van der Waals surface area contributed by atoms with Crippen molar-refractivity contribution in [1.29, 1.82) is 0 Å². The van der Waals surface area contributed by atoms with Crippen molar-refractivity contribution in [3.8, 4) is 0 Å². The molecule has 1 aromatic carbocycles. The molecule has 0 aliphatic heterocycles. The van der Waals surface area contributed by atoms with E-state index in [-0.39, 0.29) is 0 Å². The van der Waals surface area contributed by atoms with Crippen molar-refractivity contribution in [2.45, 2.75) is 33.2 Å². The summed E-state index contributed by atoms with van der Waals surface area (Å²) in [6.45, 7) is 9.06. The zero-order valence-corrected chi connectivity index (χ0v) is 12.5. The third-order valence-electron chi connectivity index (χ3n) is 3.06. The van der Waals surface area contributed by atoms with E-state index in [9.17, 15) is 0 Å². The molecule has 102 valence electrons. The van der Waals surface area contributed by atoms with Gasteiger partial charge in [0.15, 0.2) is 0 Å². The van der Waals surface area contributed by atoms with Gasteiger partial charge in [0.2, 0.25) is 0 Å². The number of rotatable bonds is 7. The fourth-order valence-corrected chi connectivity index (χ4v) is 2.40. The van der Waals surface area contributed by atoms with E-state index in [1.54, 1.807) is 0 Å². The summed E-state index contributed by atoms with van der Waals surface area (Å²) in [6, 6.07) is 11.2. The molecular formula is C16H28N2. The van der Waals surface area contributed by atoms with Crippen molar-refractivity contribution in [2.75, 3.05) is 27.2 Å². The molecule has 0 fully saturated rings. The minimum Gasteiger partial charge on any atom is -0.313 e. The smallest absolute Gasteiger partial charge is 0.00793 e. The quantitative estimate of drug-likeness (QED) is 0.798. The van der Waals surface area contributed by atoms with E-state index < -0.39 is 0 Å². The van der Waals surface area contributed by atoms with Crippen molar-refractivity contribution in [1.82, 2.24) is 10.2 Å². The molecule has 0 saturated carbocycles. The predicted octanol–water partition coefficient (Wildman–Crippen LogP) is 2.80. The van der Waals surface area contributed by atoms with Gasteiger partial charge in [-0.25, -0.2) is 0 Å². The fourth-order valence-electron chi connectivity index (χ4n) is 2.40. The molecule has 0 aromatic heterocycles. The first-order chi connectivity index (χ1) is 8.39. The Morgan fingerprint density at radius 3 is 2.33 bits per heavy atom. The topological polar surface area (TPSA) is 15.3 Å². The maximum atomic E-state index is 3.65. The van der Waals surface area contributed by atoms with Gasteiger partial charge in [-0.05, 0) is 38.4 Å². The van der Waals surface area contributed by atoms with Crippen molar-refractivity contribution < 1.29 is 0 Å². The summed E-state index contributed by atoms with van der Waals surface area (Å²) in [5.41, 5.74) is 1.72. The van der Waals surface area contributed by atoms with Crippen LogP contribution in [-0.2, 0) is 6.42 Å². The number of nitrogens with zero attached hydrogens (tertiary/aromatic N) is 1. The van der Waals surface area contributed by atoms with Gasteiger partial charge in [0, 0.05) is 19.1 Å². The lowest BCUT2D eigenvalue weighted by Crippen LogP contribution is -2.41. The van der Waals surface area contributed by atoms with Crippen molar-refractivity contribution in [3.63, 3.8) is 0 Å². The van der Waals surface area contributed by atoms with Gasteiger partial charge in [-0.1, -0.05) is 44.2 Å². The van der Waals surface area contributed by atoms with Crippen LogP contribution in [0.3, 0.4) is 0 Å². The van der Waals surface area contributed by atoms with Crippen molar-refractivity contribution in [3.05, 3.63) is 35.9 Å². The molecule has 2 heteroatoms. The van der Waals surface area contributed by atoms with Crippen LogP contribution in [0.4, 0.5) is 0 Å². The van der Waals surface area contributed by atoms with Crippen LogP contribution < -0.4 is 5.32 Å². The van der Waals surface area contributed by atoms with Gasteiger partial charge in [0.1, 0.15) is 0 Å². The highest BCUT2D eigenvalue weighted by atomic mass is 15.1. The average Bonchev–Trinajstić information content (AvgIpc) is 2.26. The lowest BCUT2D eigenvalue weighted by molar-refractivity contribution is 0.226. The third kappa shape index (κ3) is 6.18. The second-order valence-electron chi connectivity index (χ2n) is 6.37. The van der Waals surface area contributed by atoms with Gasteiger partial charge in [-0.3, -0.25) is 0 Å². The van der Waals surface area contributed by atoms with Gasteiger partial charge in [0.25, 0.3) is 0 Å². The Morgan fingerprint density at radius 1 is 1.17 bits per heavy atom. The largest absolute Gasteiger partial charge is 0.313 e. The fraction of sp³-hybridized carbons (Fsp3) is 0.625. The Kier molecular flexibility index (Phi) is 5.83. The Hall–Kier alpha value is -0.860. The standard InChI is InChI=1S/C16H28N2/c1-14(11-15-9-7-6-8-10-15)17-12-16(2,3)13-18(4)5/h6-10,14,17H,11-13H2,1-5H3. The van der Waals surface area contributed by atoms with Crippen molar-refractivity contribution in [2.24, 2.45) is 5.41 Å². The molecule has 0 heterocycles. The number of hydrogen-bond donors (Lipinski definition) is 1. The van der Waals surface area contributed by atoms with E-state index in [0.29, 0.717) is 11.5 Å². The summed E-state index contributed by atoms with van der Waals surface area (Å²) in [6.07, 6.45) is 1.10. The first kappa shape index (κ1) is 15.2. The van der Waals surface area contributed by atoms with Crippen LogP contribution in [0.15, 0.2) is 30.3 Å². The zero-order chi connectivity index (χ0) is 13.6. The molecule has 0 bridgehead atoms. The second-order valence-corrected chi connectivity index (χ2v) is 6.37. The normalized spacial score (nSPS) is 13.9. The van der Waals surface area contributed by atoms with Gasteiger partial charge in [0.05, 0.1) is 0 Å². The number of nitrogens with one attached hydrogen (secondary N) is 1. The van der Waals surface area contributed by atoms with Crippen LogP contribution in [0, 0.1) is 5.41 Å². The maximum absolute atomic E-state index is 3.65. The second kappa shape index (κ2) is 6.91. The summed E-state index contributed by atoms with van der Waals surface area (Å²) < 4.78 is 0. The zero-order valence-electron chi connectivity index (χ0n) is 12.5. The Balaban J connectivity index is 2.35. The van der Waals surface area contributed by atoms with Gasteiger partial charge in [-0.2, -0.15) is 0 Å². The summed E-state index contributed by atoms with van der Waals surface area (Å²) >= 11 is 0. The molecule has 0 aliphatic carbocycles. The molecule has 0 amide bonds. The van der Waals surface area contributed by atoms with Crippen LogP contribution in [0.2, 0.25) is 0 Å². The monoisotopic (exact) mass is 248 g/mol.